The van der Waals surface area contributed by atoms with Gasteiger partial charge in [-0.05, 0) is 55.2 Å². The van der Waals surface area contributed by atoms with Crippen LogP contribution in [-0.2, 0) is 17.6 Å². The Kier molecular flexibility index (Phi) is 7.11. The molecule has 144 valence electrons. The zero-order valence-electron chi connectivity index (χ0n) is 15.9. The Morgan fingerprint density at radius 1 is 0.963 bits per heavy atom. The lowest BCUT2D eigenvalue weighted by Gasteiger charge is -2.19. The Hall–Kier alpha value is -2.53. The number of nitrogens with one attached hydrogen (secondary N) is 1. The van der Waals surface area contributed by atoms with Crippen LogP contribution in [0, 0.1) is 0 Å². The second-order valence-corrected chi connectivity index (χ2v) is 6.65. The van der Waals surface area contributed by atoms with Crippen molar-refractivity contribution in [1.29, 1.82) is 0 Å². The summed E-state index contributed by atoms with van der Waals surface area (Å²) >= 11 is 0. The third-order valence-electron chi connectivity index (χ3n) is 4.71. The molecule has 0 fully saturated rings. The van der Waals surface area contributed by atoms with Crippen molar-refractivity contribution in [3.8, 4) is 11.5 Å². The third-order valence-corrected chi connectivity index (χ3v) is 4.71. The molecule has 2 aromatic carbocycles. The maximum Gasteiger partial charge on any atom is 0.234 e. The number of ether oxygens (including phenoxy) is 2. The van der Waals surface area contributed by atoms with Crippen LogP contribution in [0.1, 0.15) is 18.1 Å². The van der Waals surface area contributed by atoms with E-state index in [-0.39, 0.29) is 5.91 Å². The fourth-order valence-corrected chi connectivity index (χ4v) is 3.29. The van der Waals surface area contributed by atoms with E-state index in [1.165, 1.54) is 11.1 Å². The van der Waals surface area contributed by atoms with Gasteiger partial charge in [0.05, 0.1) is 19.7 Å². The molecule has 1 amide bonds. The molecule has 0 aromatic heterocycles. The number of nitrogens with zero attached hydrogens (tertiary/aromatic N) is 1. The van der Waals surface area contributed by atoms with E-state index in [9.17, 15) is 4.79 Å². The standard InChI is InChI=1S/C22H28N2O3/c1-2-26-20-7-9-21(10-8-20)27-16-13-23-22(25)17-24-14-11-18-5-3-4-6-19(18)12-15-24/h3-10H,2,11-17H2,1H3,(H,23,25). The predicted molar refractivity (Wildman–Crippen MR) is 106 cm³/mol. The summed E-state index contributed by atoms with van der Waals surface area (Å²) in [6, 6.07) is 16.1. The number of hydrogen-bond donors (Lipinski definition) is 1. The van der Waals surface area contributed by atoms with E-state index < -0.39 is 0 Å². The van der Waals surface area contributed by atoms with Gasteiger partial charge in [0.1, 0.15) is 18.1 Å². The molecule has 0 saturated carbocycles. The van der Waals surface area contributed by atoms with E-state index in [0.29, 0.717) is 26.3 Å². The molecular weight excluding hydrogens is 340 g/mol. The second kappa shape index (κ2) is 9.97. The topological polar surface area (TPSA) is 50.8 Å². The highest BCUT2D eigenvalue weighted by atomic mass is 16.5. The zero-order chi connectivity index (χ0) is 18.9. The Morgan fingerprint density at radius 3 is 2.15 bits per heavy atom. The highest BCUT2D eigenvalue weighted by Gasteiger charge is 2.15. The van der Waals surface area contributed by atoms with Crippen LogP contribution in [-0.4, -0.2) is 50.2 Å². The molecule has 3 rings (SSSR count). The monoisotopic (exact) mass is 368 g/mol. The van der Waals surface area contributed by atoms with Crippen molar-refractivity contribution in [3.63, 3.8) is 0 Å². The largest absolute Gasteiger partial charge is 0.494 e. The van der Waals surface area contributed by atoms with Crippen molar-refractivity contribution < 1.29 is 14.3 Å². The van der Waals surface area contributed by atoms with Crippen molar-refractivity contribution in [2.45, 2.75) is 19.8 Å². The molecule has 2 aromatic rings. The molecule has 0 unspecified atom stereocenters. The Labute approximate surface area is 161 Å². The lowest BCUT2D eigenvalue weighted by molar-refractivity contribution is -0.122. The minimum Gasteiger partial charge on any atom is -0.494 e. The number of rotatable bonds is 8. The fourth-order valence-electron chi connectivity index (χ4n) is 3.29. The Morgan fingerprint density at radius 2 is 1.56 bits per heavy atom. The Balaban J connectivity index is 1.34. The number of carbonyl (C=O) groups excluding carboxylic acids is 1. The summed E-state index contributed by atoms with van der Waals surface area (Å²) in [4.78, 5) is 14.4. The van der Waals surface area contributed by atoms with E-state index in [1.54, 1.807) is 0 Å². The van der Waals surface area contributed by atoms with Gasteiger partial charge in [-0.1, -0.05) is 24.3 Å². The van der Waals surface area contributed by atoms with Crippen molar-refractivity contribution in [2.75, 3.05) is 39.4 Å². The molecule has 1 N–H and O–H groups in total. The van der Waals surface area contributed by atoms with E-state index >= 15 is 0 Å². The summed E-state index contributed by atoms with van der Waals surface area (Å²) in [7, 11) is 0. The summed E-state index contributed by atoms with van der Waals surface area (Å²) in [5, 5.41) is 2.94. The van der Waals surface area contributed by atoms with Gasteiger partial charge in [0.25, 0.3) is 0 Å². The molecule has 0 atom stereocenters. The minimum atomic E-state index is 0.0521. The summed E-state index contributed by atoms with van der Waals surface area (Å²) in [5.74, 6) is 1.66. The average Bonchev–Trinajstić information content (AvgIpc) is 2.89. The maximum atomic E-state index is 12.2. The first kappa shape index (κ1) is 19.2. The molecule has 1 aliphatic rings. The fraction of sp³-hybridized carbons (Fsp3) is 0.409. The average molecular weight is 368 g/mol. The second-order valence-electron chi connectivity index (χ2n) is 6.65. The molecule has 5 nitrogen and oxygen atoms in total. The van der Waals surface area contributed by atoms with Crippen LogP contribution >= 0.6 is 0 Å². The van der Waals surface area contributed by atoms with Gasteiger partial charge >= 0.3 is 0 Å². The van der Waals surface area contributed by atoms with Gasteiger partial charge in [-0.15, -0.1) is 0 Å². The minimum absolute atomic E-state index is 0.0521. The summed E-state index contributed by atoms with van der Waals surface area (Å²) < 4.78 is 11.1. The first-order chi connectivity index (χ1) is 13.2. The highest BCUT2D eigenvalue weighted by molar-refractivity contribution is 5.78. The molecule has 0 bridgehead atoms. The van der Waals surface area contributed by atoms with Crippen LogP contribution in [0.3, 0.4) is 0 Å². The van der Waals surface area contributed by atoms with E-state index in [1.807, 2.05) is 31.2 Å². The van der Waals surface area contributed by atoms with Crippen molar-refractivity contribution in [1.82, 2.24) is 10.2 Å². The quantitative estimate of drug-likeness (QED) is 0.728. The molecule has 27 heavy (non-hydrogen) atoms. The molecule has 1 aliphatic heterocycles. The SMILES string of the molecule is CCOc1ccc(OCCNC(=O)CN2CCc3ccccc3CC2)cc1. The first-order valence-corrected chi connectivity index (χ1v) is 9.66. The van der Waals surface area contributed by atoms with Gasteiger partial charge in [0.15, 0.2) is 0 Å². The molecule has 0 spiro atoms. The number of carbonyl (C=O) groups is 1. The van der Waals surface area contributed by atoms with E-state index in [0.717, 1.165) is 37.4 Å². The normalized spacial score (nSPS) is 14.1. The summed E-state index contributed by atoms with van der Waals surface area (Å²) in [6.07, 6.45) is 2.01. The number of amides is 1. The van der Waals surface area contributed by atoms with E-state index in [2.05, 4.69) is 34.5 Å². The van der Waals surface area contributed by atoms with Gasteiger partial charge in [-0.3, -0.25) is 9.69 Å². The zero-order valence-corrected chi connectivity index (χ0v) is 15.9. The molecule has 0 saturated heterocycles. The number of benzene rings is 2. The first-order valence-electron chi connectivity index (χ1n) is 9.66. The number of fused-ring (bicyclic) bond motifs is 1. The van der Waals surface area contributed by atoms with Crippen LogP contribution in [0.2, 0.25) is 0 Å². The lowest BCUT2D eigenvalue weighted by atomic mass is 10.0. The highest BCUT2D eigenvalue weighted by Crippen LogP contribution is 2.17. The number of hydrogen-bond acceptors (Lipinski definition) is 4. The van der Waals surface area contributed by atoms with Crippen LogP contribution in [0.25, 0.3) is 0 Å². The van der Waals surface area contributed by atoms with Gasteiger partial charge in [0, 0.05) is 13.1 Å². The molecule has 0 radical (unpaired) electrons. The van der Waals surface area contributed by atoms with Crippen molar-refractivity contribution >= 4 is 5.91 Å². The molecule has 1 heterocycles. The molecule has 0 aliphatic carbocycles. The van der Waals surface area contributed by atoms with Crippen molar-refractivity contribution in [3.05, 3.63) is 59.7 Å². The van der Waals surface area contributed by atoms with Crippen LogP contribution in [0.15, 0.2) is 48.5 Å². The molecule has 5 heteroatoms. The summed E-state index contributed by atoms with van der Waals surface area (Å²) in [5.41, 5.74) is 2.81. The smallest absolute Gasteiger partial charge is 0.234 e. The van der Waals surface area contributed by atoms with Gasteiger partial charge in [-0.2, -0.15) is 0 Å². The van der Waals surface area contributed by atoms with Crippen molar-refractivity contribution in [2.24, 2.45) is 0 Å². The van der Waals surface area contributed by atoms with E-state index in [4.69, 9.17) is 9.47 Å². The van der Waals surface area contributed by atoms with Crippen LogP contribution in [0.5, 0.6) is 11.5 Å². The van der Waals surface area contributed by atoms with Crippen LogP contribution < -0.4 is 14.8 Å². The Bertz CT molecular complexity index is 704. The summed E-state index contributed by atoms with van der Waals surface area (Å²) in [6.45, 7) is 5.84. The molecular formula is C22H28N2O3. The van der Waals surface area contributed by atoms with Crippen LogP contribution in [0.4, 0.5) is 0 Å². The van der Waals surface area contributed by atoms with Gasteiger partial charge in [-0.25, -0.2) is 0 Å². The lowest BCUT2D eigenvalue weighted by Crippen LogP contribution is -2.39. The third kappa shape index (κ3) is 6.00. The predicted octanol–water partition coefficient (Wildman–Crippen LogP) is 2.68. The van der Waals surface area contributed by atoms with Gasteiger partial charge < -0.3 is 14.8 Å². The van der Waals surface area contributed by atoms with Gasteiger partial charge in [0.2, 0.25) is 5.91 Å². The maximum absolute atomic E-state index is 12.2.